The van der Waals surface area contributed by atoms with Gasteiger partial charge < -0.3 is 24.4 Å². The van der Waals surface area contributed by atoms with E-state index in [0.29, 0.717) is 28.8 Å². The van der Waals surface area contributed by atoms with Crippen molar-refractivity contribution in [2.45, 2.75) is 32.7 Å². The summed E-state index contributed by atoms with van der Waals surface area (Å²) < 4.78 is 62.1. The van der Waals surface area contributed by atoms with Crippen LogP contribution in [0.1, 0.15) is 29.2 Å². The van der Waals surface area contributed by atoms with Gasteiger partial charge in [-0.05, 0) is 53.9 Å². The minimum Gasteiger partial charge on any atom is -0.493 e. The lowest BCUT2D eigenvalue weighted by molar-refractivity contribution is -0.142. The van der Waals surface area contributed by atoms with Crippen LogP contribution in [0.3, 0.4) is 0 Å². The lowest BCUT2D eigenvalue weighted by atomic mass is 10.00. The highest BCUT2D eigenvalue weighted by molar-refractivity contribution is 5.91. The van der Waals surface area contributed by atoms with E-state index in [-0.39, 0.29) is 30.9 Å². The molecule has 0 fully saturated rings. The van der Waals surface area contributed by atoms with Gasteiger partial charge in [-0.25, -0.2) is 0 Å². The number of halogens is 3. The fraction of sp³-hybridized carbons (Fsp3) is 0.250. The summed E-state index contributed by atoms with van der Waals surface area (Å²) in [6, 6.07) is 14.5. The highest BCUT2D eigenvalue weighted by atomic mass is 19.4. The normalized spacial score (nSPS) is 11.5. The Kier molecular flexibility index (Phi) is 7.73. The van der Waals surface area contributed by atoms with Crippen LogP contribution in [0.15, 0.2) is 65.3 Å². The van der Waals surface area contributed by atoms with E-state index in [1.807, 2.05) is 36.4 Å². The van der Waals surface area contributed by atoms with Gasteiger partial charge in [-0.3, -0.25) is 4.79 Å². The van der Waals surface area contributed by atoms with Gasteiger partial charge in [0.15, 0.2) is 11.3 Å². The number of fused-ring (bicyclic) bond motifs is 1. The number of hydrogen-bond acceptors (Lipinski definition) is 6. The molecule has 3 aromatic carbocycles. The van der Waals surface area contributed by atoms with E-state index in [1.54, 1.807) is 6.92 Å². The SMILES string of the molecule is CCOC(=O)Cc1ccc(C(F)(F)F)cc1OCc1coc2c(OC)cc(-c3cccc(CN)c3)cc12. The minimum atomic E-state index is -4.57. The first-order chi connectivity index (χ1) is 17.7. The number of nitrogens with two attached hydrogens (primary N) is 1. The number of carbonyl (C=O) groups excluding carboxylic acids is 1. The Balaban J connectivity index is 1.69. The molecule has 0 radical (unpaired) electrons. The van der Waals surface area contributed by atoms with Crippen molar-refractivity contribution in [2.24, 2.45) is 5.73 Å². The number of ether oxygens (including phenoxy) is 3. The molecule has 4 aromatic rings. The molecule has 0 aliphatic rings. The van der Waals surface area contributed by atoms with Crippen molar-refractivity contribution in [3.63, 3.8) is 0 Å². The van der Waals surface area contributed by atoms with E-state index in [4.69, 9.17) is 24.4 Å². The van der Waals surface area contributed by atoms with E-state index in [9.17, 15) is 18.0 Å². The molecule has 0 aliphatic carbocycles. The number of carbonyl (C=O) groups is 1. The van der Waals surface area contributed by atoms with Crippen molar-refractivity contribution in [1.82, 2.24) is 0 Å². The average molecular weight is 514 g/mol. The van der Waals surface area contributed by atoms with E-state index in [0.717, 1.165) is 28.8 Å². The quantitative estimate of drug-likeness (QED) is 0.266. The molecule has 0 unspecified atom stereocenters. The average Bonchev–Trinajstić information content (AvgIpc) is 3.30. The third-order valence-corrected chi connectivity index (χ3v) is 5.85. The number of esters is 1. The van der Waals surface area contributed by atoms with Crippen molar-refractivity contribution in [1.29, 1.82) is 0 Å². The van der Waals surface area contributed by atoms with Gasteiger partial charge in [0.1, 0.15) is 12.4 Å². The van der Waals surface area contributed by atoms with Gasteiger partial charge in [0.05, 0.1) is 32.0 Å². The van der Waals surface area contributed by atoms with Crippen LogP contribution < -0.4 is 15.2 Å². The summed E-state index contributed by atoms with van der Waals surface area (Å²) in [4.78, 5) is 12.0. The lowest BCUT2D eigenvalue weighted by Crippen LogP contribution is -2.11. The monoisotopic (exact) mass is 513 g/mol. The second-order valence-electron chi connectivity index (χ2n) is 8.31. The maximum Gasteiger partial charge on any atom is 0.416 e. The number of rotatable bonds is 9. The maximum absolute atomic E-state index is 13.4. The van der Waals surface area contributed by atoms with Crippen LogP contribution in [0.25, 0.3) is 22.1 Å². The third kappa shape index (κ3) is 5.89. The standard InChI is InChI=1S/C28H26F3NO5/c1-3-35-26(33)12-19-7-8-22(28(29,30)31)13-24(19)36-15-21-16-37-27-23(21)10-20(11-25(27)34-2)18-6-4-5-17(9-18)14-32/h4-11,13,16H,3,12,14-15,32H2,1-2H3. The summed E-state index contributed by atoms with van der Waals surface area (Å²) in [6.45, 7) is 2.11. The Hall–Kier alpha value is -3.98. The smallest absolute Gasteiger partial charge is 0.416 e. The molecule has 4 rings (SSSR count). The van der Waals surface area contributed by atoms with Crippen LogP contribution in [-0.2, 0) is 35.3 Å². The Bertz CT molecular complexity index is 1410. The van der Waals surface area contributed by atoms with Crippen LogP contribution in [0.2, 0.25) is 0 Å². The van der Waals surface area contributed by atoms with Crippen LogP contribution in [0, 0.1) is 0 Å². The van der Waals surface area contributed by atoms with E-state index < -0.39 is 17.7 Å². The molecule has 6 nitrogen and oxygen atoms in total. The molecule has 9 heteroatoms. The van der Waals surface area contributed by atoms with Gasteiger partial charge >= 0.3 is 12.1 Å². The second kappa shape index (κ2) is 11.0. The van der Waals surface area contributed by atoms with Gasteiger partial charge in [-0.1, -0.05) is 24.3 Å². The molecule has 1 aromatic heterocycles. The second-order valence-corrected chi connectivity index (χ2v) is 8.31. The van der Waals surface area contributed by atoms with Crippen molar-refractivity contribution in [2.75, 3.05) is 13.7 Å². The molecule has 0 atom stereocenters. The Morgan fingerprint density at radius 1 is 1.00 bits per heavy atom. The first-order valence-corrected chi connectivity index (χ1v) is 11.6. The van der Waals surface area contributed by atoms with Gasteiger partial charge in [0.25, 0.3) is 0 Å². The maximum atomic E-state index is 13.4. The number of methoxy groups -OCH3 is 1. The van der Waals surface area contributed by atoms with Gasteiger partial charge in [0.2, 0.25) is 0 Å². The minimum absolute atomic E-state index is 0.0593. The lowest BCUT2D eigenvalue weighted by Gasteiger charge is -2.14. The van der Waals surface area contributed by atoms with Crippen molar-refractivity contribution in [3.8, 4) is 22.6 Å². The van der Waals surface area contributed by atoms with Crippen LogP contribution in [0.4, 0.5) is 13.2 Å². The summed E-state index contributed by atoms with van der Waals surface area (Å²) in [5.74, 6) is -0.120. The third-order valence-electron chi connectivity index (χ3n) is 5.85. The Labute approximate surface area is 211 Å². The molecule has 0 aliphatic heterocycles. The Morgan fingerprint density at radius 2 is 1.81 bits per heavy atom. The number of furan rings is 1. The molecule has 0 saturated heterocycles. The van der Waals surface area contributed by atoms with Gasteiger partial charge in [-0.2, -0.15) is 13.2 Å². The molecule has 0 amide bonds. The highest BCUT2D eigenvalue weighted by Gasteiger charge is 2.31. The fourth-order valence-electron chi connectivity index (χ4n) is 4.00. The molecule has 194 valence electrons. The Morgan fingerprint density at radius 3 is 2.51 bits per heavy atom. The molecule has 0 saturated carbocycles. The molecule has 2 N–H and O–H groups in total. The van der Waals surface area contributed by atoms with Crippen LogP contribution >= 0.6 is 0 Å². The van der Waals surface area contributed by atoms with Gasteiger partial charge in [0, 0.05) is 23.1 Å². The number of alkyl halides is 3. The molecule has 0 bridgehead atoms. The first kappa shape index (κ1) is 26.1. The topological polar surface area (TPSA) is 83.9 Å². The first-order valence-electron chi connectivity index (χ1n) is 11.6. The largest absolute Gasteiger partial charge is 0.493 e. The summed E-state index contributed by atoms with van der Waals surface area (Å²) >= 11 is 0. The van der Waals surface area contributed by atoms with E-state index in [2.05, 4.69) is 0 Å². The van der Waals surface area contributed by atoms with E-state index >= 15 is 0 Å². The molecule has 0 spiro atoms. The van der Waals surface area contributed by atoms with Crippen molar-refractivity contribution in [3.05, 3.63) is 83.1 Å². The highest BCUT2D eigenvalue weighted by Crippen LogP contribution is 2.37. The van der Waals surface area contributed by atoms with Crippen LogP contribution in [0.5, 0.6) is 11.5 Å². The number of hydrogen-bond donors (Lipinski definition) is 1. The zero-order valence-corrected chi connectivity index (χ0v) is 20.4. The van der Waals surface area contributed by atoms with Crippen LogP contribution in [-0.4, -0.2) is 19.7 Å². The summed E-state index contributed by atoms with van der Waals surface area (Å²) in [7, 11) is 1.53. The zero-order valence-electron chi connectivity index (χ0n) is 20.4. The predicted octanol–water partition coefficient (Wildman–Crippen LogP) is 6.27. The van der Waals surface area contributed by atoms with Gasteiger partial charge in [-0.15, -0.1) is 0 Å². The van der Waals surface area contributed by atoms with Crippen molar-refractivity contribution < 1.29 is 36.6 Å². The zero-order chi connectivity index (χ0) is 26.6. The summed E-state index contributed by atoms with van der Waals surface area (Å²) in [5.41, 5.74) is 9.02. The molecular weight excluding hydrogens is 487 g/mol. The molecular formula is C28H26F3NO5. The summed E-state index contributed by atoms with van der Waals surface area (Å²) in [5, 5.41) is 0.687. The fourth-order valence-corrected chi connectivity index (χ4v) is 4.00. The summed E-state index contributed by atoms with van der Waals surface area (Å²) in [6.07, 6.45) is -3.31. The number of benzene rings is 3. The molecule has 37 heavy (non-hydrogen) atoms. The van der Waals surface area contributed by atoms with Crippen molar-refractivity contribution >= 4 is 16.9 Å². The molecule has 1 heterocycles. The predicted molar refractivity (Wildman–Crippen MR) is 132 cm³/mol. The van der Waals surface area contributed by atoms with E-state index in [1.165, 1.54) is 19.4 Å².